The zero-order chi connectivity index (χ0) is 20.8. The first-order valence-electron chi connectivity index (χ1n) is 11.0. The van der Waals surface area contributed by atoms with Gasteiger partial charge in [-0.15, -0.1) is 13.2 Å². The van der Waals surface area contributed by atoms with Crippen molar-refractivity contribution in [3.63, 3.8) is 0 Å². The highest BCUT2D eigenvalue weighted by atomic mass is 32.1. The zero-order valence-electron chi connectivity index (χ0n) is 18.1. The number of aldehydes is 1. The van der Waals surface area contributed by atoms with Crippen molar-refractivity contribution in [1.82, 2.24) is 10.6 Å². The fraction of sp³-hybridized carbons (Fsp3) is 0.783. The van der Waals surface area contributed by atoms with Crippen LogP contribution in [0.4, 0.5) is 0 Å². The first-order chi connectivity index (χ1) is 13.2. The third kappa shape index (κ3) is 19.8. The number of carbonyl (C=O) groups is 1. The Labute approximate surface area is 175 Å². The van der Waals surface area contributed by atoms with Gasteiger partial charge in [0.2, 0.25) is 0 Å². The van der Waals surface area contributed by atoms with Crippen molar-refractivity contribution in [2.24, 2.45) is 0 Å². The van der Waals surface area contributed by atoms with E-state index in [-0.39, 0.29) is 0 Å². The lowest BCUT2D eigenvalue weighted by molar-refractivity contribution is -0.107. The van der Waals surface area contributed by atoms with Gasteiger partial charge in [0.15, 0.2) is 0 Å². The van der Waals surface area contributed by atoms with E-state index >= 15 is 0 Å². The lowest BCUT2D eigenvalue weighted by atomic mass is 9.95. The SMILES string of the molecule is C=C.C=C(CCC=O)NCCCCCCCCNC1CCC(S)CC1.CC. The van der Waals surface area contributed by atoms with Gasteiger partial charge >= 0.3 is 0 Å². The summed E-state index contributed by atoms with van der Waals surface area (Å²) >= 11 is 4.55. The van der Waals surface area contributed by atoms with Crippen LogP contribution in [0.25, 0.3) is 0 Å². The van der Waals surface area contributed by atoms with Gasteiger partial charge in [0, 0.05) is 30.0 Å². The number of allylic oxidation sites excluding steroid dienone is 1. The smallest absolute Gasteiger partial charge is 0.120 e. The summed E-state index contributed by atoms with van der Waals surface area (Å²) in [6, 6.07) is 0.747. The average molecular weight is 399 g/mol. The fourth-order valence-electron chi connectivity index (χ4n) is 3.13. The van der Waals surface area contributed by atoms with E-state index in [2.05, 4.69) is 43.0 Å². The third-order valence-corrected chi connectivity index (χ3v) is 5.19. The molecule has 0 radical (unpaired) electrons. The summed E-state index contributed by atoms with van der Waals surface area (Å²) in [4.78, 5) is 10.3. The molecule has 0 aromatic heterocycles. The van der Waals surface area contributed by atoms with Crippen LogP contribution in [0.5, 0.6) is 0 Å². The maximum absolute atomic E-state index is 10.3. The van der Waals surface area contributed by atoms with Crippen LogP contribution < -0.4 is 10.6 Å². The van der Waals surface area contributed by atoms with Crippen LogP contribution in [0, 0.1) is 0 Å². The summed E-state index contributed by atoms with van der Waals surface area (Å²) < 4.78 is 0. The summed E-state index contributed by atoms with van der Waals surface area (Å²) in [7, 11) is 0. The second kappa shape index (κ2) is 23.3. The number of unbranched alkanes of at least 4 members (excludes halogenated alkanes) is 5. The van der Waals surface area contributed by atoms with E-state index < -0.39 is 0 Å². The molecule has 0 spiro atoms. The molecule has 0 unspecified atom stereocenters. The number of hydrogen-bond acceptors (Lipinski definition) is 4. The van der Waals surface area contributed by atoms with Gasteiger partial charge in [-0.05, 0) is 51.5 Å². The molecule has 1 saturated carbocycles. The summed E-state index contributed by atoms with van der Waals surface area (Å²) in [5, 5.41) is 7.65. The van der Waals surface area contributed by atoms with Crippen LogP contribution >= 0.6 is 12.6 Å². The lowest BCUT2D eigenvalue weighted by Gasteiger charge is -2.26. The number of nitrogens with one attached hydrogen (secondary N) is 2. The topological polar surface area (TPSA) is 41.1 Å². The van der Waals surface area contributed by atoms with Crippen molar-refractivity contribution in [2.75, 3.05) is 13.1 Å². The summed E-state index contributed by atoms with van der Waals surface area (Å²) in [6.07, 6.45) is 15.3. The van der Waals surface area contributed by atoms with Crippen molar-refractivity contribution in [3.05, 3.63) is 25.4 Å². The number of carbonyl (C=O) groups excluding carboxylic acids is 1. The van der Waals surface area contributed by atoms with Crippen molar-refractivity contribution in [3.8, 4) is 0 Å². The molecule has 0 atom stereocenters. The summed E-state index contributed by atoms with van der Waals surface area (Å²) in [5.74, 6) is 0. The molecule has 2 N–H and O–H groups in total. The quantitative estimate of drug-likeness (QED) is 0.144. The van der Waals surface area contributed by atoms with Gasteiger partial charge in [0.05, 0.1) is 0 Å². The van der Waals surface area contributed by atoms with Gasteiger partial charge in [0.25, 0.3) is 0 Å². The molecule has 0 aliphatic heterocycles. The summed E-state index contributed by atoms with van der Waals surface area (Å²) in [6.45, 7) is 16.1. The highest BCUT2D eigenvalue weighted by molar-refractivity contribution is 7.80. The van der Waals surface area contributed by atoms with E-state index in [0.717, 1.165) is 31.0 Å². The first kappa shape index (κ1) is 28.5. The second-order valence-corrected chi connectivity index (χ2v) is 7.55. The molecular weight excluding hydrogens is 352 g/mol. The second-order valence-electron chi connectivity index (χ2n) is 6.82. The summed E-state index contributed by atoms with van der Waals surface area (Å²) in [5.41, 5.74) is 0.995. The fourth-order valence-corrected chi connectivity index (χ4v) is 3.43. The van der Waals surface area contributed by atoms with E-state index in [1.165, 1.54) is 70.8 Å². The predicted octanol–water partition coefficient (Wildman–Crippen LogP) is 6.07. The minimum atomic E-state index is 0.579. The first-order valence-corrected chi connectivity index (χ1v) is 11.5. The Morgan fingerprint density at radius 2 is 1.48 bits per heavy atom. The Morgan fingerprint density at radius 3 is 2.04 bits per heavy atom. The van der Waals surface area contributed by atoms with Crippen LogP contribution in [-0.4, -0.2) is 30.7 Å². The number of hydrogen-bond donors (Lipinski definition) is 3. The molecule has 27 heavy (non-hydrogen) atoms. The van der Waals surface area contributed by atoms with Crippen LogP contribution in [0.2, 0.25) is 0 Å². The zero-order valence-corrected chi connectivity index (χ0v) is 19.0. The molecule has 0 aromatic rings. The maximum Gasteiger partial charge on any atom is 0.120 e. The van der Waals surface area contributed by atoms with Crippen LogP contribution in [0.15, 0.2) is 25.4 Å². The van der Waals surface area contributed by atoms with E-state index in [1.807, 2.05) is 13.8 Å². The minimum Gasteiger partial charge on any atom is -0.389 e. The molecule has 1 aliphatic carbocycles. The molecule has 0 bridgehead atoms. The monoisotopic (exact) mass is 398 g/mol. The Kier molecular flexibility index (Phi) is 24.6. The molecule has 4 heteroatoms. The molecule has 0 amide bonds. The van der Waals surface area contributed by atoms with Gasteiger partial charge in [-0.25, -0.2) is 0 Å². The Balaban J connectivity index is 0. The van der Waals surface area contributed by atoms with Crippen LogP contribution in [-0.2, 0) is 4.79 Å². The standard InChI is InChI=1S/C19H36N2OS.C2H6.C2H4/c1-17(9-8-16-22)20-14-6-4-2-3-5-7-15-21-18-10-12-19(23)13-11-18;2*1-2/h16,18-21,23H,1-15H2;1-2H3;1-2H2. The number of thiol groups is 1. The van der Waals surface area contributed by atoms with Gasteiger partial charge in [-0.1, -0.05) is 46.1 Å². The van der Waals surface area contributed by atoms with Crippen molar-refractivity contribution < 1.29 is 4.79 Å². The van der Waals surface area contributed by atoms with Crippen LogP contribution in [0.3, 0.4) is 0 Å². The van der Waals surface area contributed by atoms with Gasteiger partial charge in [-0.2, -0.15) is 12.6 Å². The van der Waals surface area contributed by atoms with Gasteiger partial charge in [0.1, 0.15) is 6.29 Å². The largest absolute Gasteiger partial charge is 0.389 e. The molecule has 0 saturated heterocycles. The van der Waals surface area contributed by atoms with Crippen molar-refractivity contribution >= 4 is 18.9 Å². The predicted molar refractivity (Wildman–Crippen MR) is 126 cm³/mol. The van der Waals surface area contributed by atoms with Gasteiger partial charge < -0.3 is 15.4 Å². The Hall–Kier alpha value is -0.740. The molecule has 1 fully saturated rings. The minimum absolute atomic E-state index is 0.579. The van der Waals surface area contributed by atoms with Crippen molar-refractivity contribution in [1.29, 1.82) is 0 Å². The molecule has 1 aliphatic rings. The van der Waals surface area contributed by atoms with Gasteiger partial charge in [-0.3, -0.25) is 0 Å². The van der Waals surface area contributed by atoms with E-state index in [1.54, 1.807) is 0 Å². The average Bonchev–Trinajstić information content (AvgIpc) is 2.72. The van der Waals surface area contributed by atoms with Crippen molar-refractivity contribution in [2.45, 2.75) is 102 Å². The van der Waals surface area contributed by atoms with Crippen LogP contribution in [0.1, 0.15) is 90.9 Å². The Bertz CT molecular complexity index is 328. The molecule has 3 nitrogen and oxygen atoms in total. The molecule has 0 aromatic carbocycles. The molecule has 1 rings (SSSR count). The third-order valence-electron chi connectivity index (χ3n) is 4.67. The van der Waals surface area contributed by atoms with E-state index in [0.29, 0.717) is 11.7 Å². The highest BCUT2D eigenvalue weighted by Crippen LogP contribution is 2.22. The normalized spacial score (nSPS) is 18.3. The maximum atomic E-state index is 10.3. The molecular formula is C23H46N2OS. The number of rotatable bonds is 14. The van der Waals surface area contributed by atoms with E-state index in [4.69, 9.17) is 0 Å². The molecule has 160 valence electrons. The Morgan fingerprint density at radius 1 is 0.963 bits per heavy atom. The lowest BCUT2D eigenvalue weighted by Crippen LogP contribution is -2.34. The molecule has 0 heterocycles. The highest BCUT2D eigenvalue weighted by Gasteiger charge is 2.17. The van der Waals surface area contributed by atoms with E-state index in [9.17, 15) is 4.79 Å².